The monoisotopic (exact) mass is 387 g/mol. The van der Waals surface area contributed by atoms with Crippen LogP contribution in [-0.4, -0.2) is 29.1 Å². The molecule has 1 amide bonds. The standard InChI is InChI=1S/C19H18ClN3O2S/c1-2-25-16-9-4-3-7-14(16)12-21-23-19-22-18(24)17(26-19)11-13-6-5-8-15(20)10-13/h3-10,12,17H,2,11H2,1H3,(H,22,23,24)/b21-12+. The van der Waals surface area contributed by atoms with Gasteiger partial charge in [-0.15, -0.1) is 5.10 Å². The summed E-state index contributed by atoms with van der Waals surface area (Å²) in [7, 11) is 0. The van der Waals surface area contributed by atoms with Crippen LogP contribution in [0.5, 0.6) is 5.75 Å². The minimum atomic E-state index is -0.238. The van der Waals surface area contributed by atoms with Gasteiger partial charge in [0.2, 0.25) is 5.91 Å². The van der Waals surface area contributed by atoms with Crippen LogP contribution in [-0.2, 0) is 11.2 Å². The summed E-state index contributed by atoms with van der Waals surface area (Å²) < 4.78 is 5.54. The molecule has 1 unspecified atom stereocenters. The average Bonchev–Trinajstić information content (AvgIpc) is 2.96. The lowest BCUT2D eigenvalue weighted by molar-refractivity contribution is -0.118. The van der Waals surface area contributed by atoms with Crippen LogP contribution in [0.4, 0.5) is 0 Å². The number of ether oxygens (including phenoxy) is 1. The van der Waals surface area contributed by atoms with Crippen molar-refractivity contribution < 1.29 is 9.53 Å². The van der Waals surface area contributed by atoms with Gasteiger partial charge in [0.1, 0.15) is 5.75 Å². The second-order valence-electron chi connectivity index (χ2n) is 5.55. The van der Waals surface area contributed by atoms with E-state index in [1.54, 1.807) is 6.21 Å². The number of amides is 1. The molecule has 0 aliphatic carbocycles. The summed E-state index contributed by atoms with van der Waals surface area (Å²) in [5.41, 5.74) is 1.85. The van der Waals surface area contributed by atoms with E-state index in [4.69, 9.17) is 16.3 Å². The van der Waals surface area contributed by atoms with Gasteiger partial charge < -0.3 is 10.1 Å². The smallest absolute Gasteiger partial charge is 0.239 e. The number of hydrogen-bond donors (Lipinski definition) is 1. The Kier molecular flexibility index (Phi) is 6.30. The molecule has 0 bridgehead atoms. The number of rotatable bonds is 6. The number of halogens is 1. The van der Waals surface area contributed by atoms with Crippen LogP contribution in [0.25, 0.3) is 0 Å². The third kappa shape index (κ3) is 4.86. The predicted molar refractivity (Wildman–Crippen MR) is 107 cm³/mol. The molecule has 0 aromatic heterocycles. The van der Waals surface area contributed by atoms with Crippen molar-refractivity contribution in [2.75, 3.05) is 6.61 Å². The van der Waals surface area contributed by atoms with Gasteiger partial charge in [0.15, 0.2) is 5.17 Å². The zero-order chi connectivity index (χ0) is 18.4. The first-order valence-corrected chi connectivity index (χ1v) is 9.46. The Morgan fingerprint density at radius 3 is 2.92 bits per heavy atom. The van der Waals surface area contributed by atoms with E-state index in [0.29, 0.717) is 23.2 Å². The number of thioether (sulfide) groups is 1. The van der Waals surface area contributed by atoms with E-state index in [-0.39, 0.29) is 11.2 Å². The molecule has 1 aliphatic heterocycles. The summed E-state index contributed by atoms with van der Waals surface area (Å²) in [4.78, 5) is 12.1. The fourth-order valence-corrected chi connectivity index (χ4v) is 3.66. The van der Waals surface area contributed by atoms with E-state index in [2.05, 4.69) is 15.5 Å². The van der Waals surface area contributed by atoms with Crippen molar-refractivity contribution in [3.63, 3.8) is 0 Å². The van der Waals surface area contributed by atoms with Crippen molar-refractivity contribution in [1.82, 2.24) is 5.32 Å². The molecule has 1 heterocycles. The summed E-state index contributed by atoms with van der Waals surface area (Å²) in [6.07, 6.45) is 2.21. The van der Waals surface area contributed by atoms with Crippen LogP contribution in [0.3, 0.4) is 0 Å². The molecule has 2 aromatic rings. The highest BCUT2D eigenvalue weighted by Gasteiger charge is 2.30. The molecule has 1 N–H and O–H groups in total. The molecule has 3 rings (SSSR count). The van der Waals surface area contributed by atoms with Crippen LogP contribution in [0, 0.1) is 0 Å². The van der Waals surface area contributed by atoms with Gasteiger partial charge in [-0.2, -0.15) is 5.10 Å². The Bertz CT molecular complexity index is 854. The summed E-state index contributed by atoms with van der Waals surface area (Å²) in [5.74, 6) is 0.680. The Labute approximate surface area is 161 Å². The van der Waals surface area contributed by atoms with Gasteiger partial charge in [-0.05, 0) is 43.2 Å². The number of carbonyl (C=O) groups is 1. The first-order valence-electron chi connectivity index (χ1n) is 8.20. The number of nitrogens with zero attached hydrogens (tertiary/aromatic N) is 2. The minimum Gasteiger partial charge on any atom is -0.493 e. The predicted octanol–water partition coefficient (Wildman–Crippen LogP) is 3.90. The van der Waals surface area contributed by atoms with Crippen LogP contribution < -0.4 is 10.1 Å². The molecule has 0 radical (unpaired) electrons. The number of para-hydroxylation sites is 1. The van der Waals surface area contributed by atoms with Gasteiger partial charge in [-0.1, -0.05) is 47.6 Å². The van der Waals surface area contributed by atoms with Gasteiger partial charge in [-0.25, -0.2) is 0 Å². The van der Waals surface area contributed by atoms with E-state index < -0.39 is 0 Å². The van der Waals surface area contributed by atoms with Gasteiger partial charge in [0.25, 0.3) is 0 Å². The molecular weight excluding hydrogens is 370 g/mol. The van der Waals surface area contributed by atoms with Crippen molar-refractivity contribution in [2.45, 2.75) is 18.6 Å². The number of carbonyl (C=O) groups excluding carboxylic acids is 1. The molecule has 0 spiro atoms. The highest BCUT2D eigenvalue weighted by Crippen LogP contribution is 2.24. The molecule has 1 atom stereocenters. The van der Waals surface area contributed by atoms with Crippen LogP contribution in [0.2, 0.25) is 5.02 Å². The Morgan fingerprint density at radius 1 is 1.27 bits per heavy atom. The van der Waals surface area contributed by atoms with Gasteiger partial charge in [0, 0.05) is 10.6 Å². The van der Waals surface area contributed by atoms with E-state index in [9.17, 15) is 4.79 Å². The van der Waals surface area contributed by atoms with Crippen LogP contribution in [0.1, 0.15) is 18.1 Å². The number of benzene rings is 2. The lowest BCUT2D eigenvalue weighted by Crippen LogP contribution is -2.25. The molecule has 1 saturated heterocycles. The van der Waals surface area contributed by atoms with Gasteiger partial charge in [-0.3, -0.25) is 4.79 Å². The molecule has 1 aliphatic rings. The zero-order valence-corrected chi connectivity index (χ0v) is 15.8. The summed E-state index contributed by atoms with van der Waals surface area (Å²) >= 11 is 7.37. The number of nitrogens with one attached hydrogen (secondary N) is 1. The van der Waals surface area contributed by atoms with Crippen molar-refractivity contribution >= 4 is 40.7 Å². The Morgan fingerprint density at radius 2 is 2.12 bits per heavy atom. The normalized spacial score (nSPS) is 18.5. The van der Waals surface area contributed by atoms with Crippen molar-refractivity contribution in [3.05, 3.63) is 64.7 Å². The Balaban J connectivity index is 1.65. The number of amidine groups is 1. The second kappa shape index (κ2) is 8.87. The zero-order valence-electron chi connectivity index (χ0n) is 14.2. The highest BCUT2D eigenvalue weighted by atomic mass is 35.5. The maximum absolute atomic E-state index is 12.1. The molecule has 7 heteroatoms. The molecule has 1 fully saturated rings. The molecule has 0 saturated carbocycles. The lowest BCUT2D eigenvalue weighted by Gasteiger charge is -2.05. The largest absolute Gasteiger partial charge is 0.493 e. The van der Waals surface area contributed by atoms with Crippen molar-refractivity contribution in [1.29, 1.82) is 0 Å². The number of hydrogen-bond acceptors (Lipinski definition) is 5. The topological polar surface area (TPSA) is 63.1 Å². The fraction of sp³-hybridized carbons (Fsp3) is 0.211. The maximum Gasteiger partial charge on any atom is 0.239 e. The quantitative estimate of drug-likeness (QED) is 0.604. The second-order valence-corrected chi connectivity index (χ2v) is 7.18. The van der Waals surface area contributed by atoms with Crippen LogP contribution >= 0.6 is 23.4 Å². The molecule has 5 nitrogen and oxygen atoms in total. The fourth-order valence-electron chi connectivity index (χ4n) is 2.48. The minimum absolute atomic E-state index is 0.0707. The summed E-state index contributed by atoms with van der Waals surface area (Å²) in [6.45, 7) is 2.51. The van der Waals surface area contributed by atoms with Gasteiger partial charge >= 0.3 is 0 Å². The van der Waals surface area contributed by atoms with E-state index in [1.807, 2.05) is 55.5 Å². The van der Waals surface area contributed by atoms with Crippen LogP contribution in [0.15, 0.2) is 58.7 Å². The first-order chi connectivity index (χ1) is 12.7. The lowest BCUT2D eigenvalue weighted by atomic mass is 10.1. The third-order valence-electron chi connectivity index (χ3n) is 3.65. The Hall–Kier alpha value is -2.31. The molecule has 2 aromatic carbocycles. The summed E-state index contributed by atoms with van der Waals surface area (Å²) in [5, 5.41) is 11.9. The highest BCUT2D eigenvalue weighted by molar-refractivity contribution is 8.15. The van der Waals surface area contributed by atoms with E-state index in [1.165, 1.54) is 11.8 Å². The maximum atomic E-state index is 12.1. The van der Waals surface area contributed by atoms with Crippen molar-refractivity contribution in [2.24, 2.45) is 10.2 Å². The molecule has 134 valence electrons. The molecule has 26 heavy (non-hydrogen) atoms. The average molecular weight is 388 g/mol. The summed E-state index contributed by atoms with van der Waals surface area (Å²) in [6, 6.07) is 15.1. The van der Waals surface area contributed by atoms with Gasteiger partial charge in [0.05, 0.1) is 18.1 Å². The van der Waals surface area contributed by atoms with E-state index >= 15 is 0 Å². The van der Waals surface area contributed by atoms with E-state index in [0.717, 1.165) is 16.9 Å². The third-order valence-corrected chi connectivity index (χ3v) is 4.96. The SMILES string of the molecule is CCOc1ccccc1/C=N/N=C1\NC(=O)C(Cc2cccc(Cl)c2)S1. The van der Waals surface area contributed by atoms with Crippen molar-refractivity contribution in [3.8, 4) is 5.75 Å². The first kappa shape index (κ1) is 18.5. The molecular formula is C19H18ClN3O2S.